The van der Waals surface area contributed by atoms with E-state index in [1.165, 1.54) is 5.56 Å². The van der Waals surface area contributed by atoms with Crippen LogP contribution < -0.4 is 0 Å². The van der Waals surface area contributed by atoms with Crippen molar-refractivity contribution < 1.29 is 0 Å². The molecule has 0 fully saturated rings. The van der Waals surface area contributed by atoms with Crippen LogP contribution in [0.15, 0.2) is 53.0 Å². The molecule has 0 amide bonds. The third-order valence-corrected chi connectivity index (χ3v) is 4.44. The van der Waals surface area contributed by atoms with Crippen LogP contribution in [0.4, 0.5) is 0 Å². The van der Waals surface area contributed by atoms with E-state index < -0.39 is 0 Å². The Morgan fingerprint density at radius 2 is 1.95 bits per heavy atom. The number of thioether (sulfide) groups is 1. The Morgan fingerprint density at radius 3 is 2.74 bits per heavy atom. The zero-order valence-corrected chi connectivity index (χ0v) is 11.9. The summed E-state index contributed by atoms with van der Waals surface area (Å²) in [6, 6.07) is 14.6. The van der Waals surface area contributed by atoms with Crippen molar-refractivity contribution >= 4 is 23.1 Å². The lowest BCUT2D eigenvalue weighted by Gasteiger charge is -1.98. The van der Waals surface area contributed by atoms with E-state index in [0.717, 1.165) is 28.0 Å². The van der Waals surface area contributed by atoms with Gasteiger partial charge in [-0.1, -0.05) is 48.2 Å². The van der Waals surface area contributed by atoms with Crippen LogP contribution in [0.2, 0.25) is 0 Å². The molecule has 0 aliphatic carbocycles. The number of aromatic amines is 1. The zero-order chi connectivity index (χ0) is 12.9. The number of hydrogen-bond acceptors (Lipinski definition) is 4. The molecule has 0 aliphatic rings. The summed E-state index contributed by atoms with van der Waals surface area (Å²) in [5.41, 5.74) is 1.35. The minimum atomic E-state index is 0.859. The van der Waals surface area contributed by atoms with E-state index in [1.807, 2.05) is 23.6 Å². The number of aryl methyl sites for hydroxylation is 1. The van der Waals surface area contributed by atoms with Crippen molar-refractivity contribution in [3.63, 3.8) is 0 Å². The summed E-state index contributed by atoms with van der Waals surface area (Å²) in [6.45, 7) is 0. The standard InChI is InChI=1S/C14H13N3S2/c1-2-5-11(6-3-1)8-10-19-14-15-13(16-17-14)12-7-4-9-18-12/h1-7,9H,8,10H2,(H,15,16,17). The number of thiophene rings is 1. The number of rotatable bonds is 5. The predicted molar refractivity (Wildman–Crippen MR) is 80.6 cm³/mol. The Morgan fingerprint density at radius 1 is 1.05 bits per heavy atom. The topological polar surface area (TPSA) is 41.6 Å². The molecule has 0 unspecified atom stereocenters. The molecule has 19 heavy (non-hydrogen) atoms. The average Bonchev–Trinajstić information content (AvgIpc) is 3.10. The molecule has 1 aromatic carbocycles. The van der Waals surface area contributed by atoms with Crippen molar-refractivity contribution in [1.29, 1.82) is 0 Å². The Kier molecular flexibility index (Phi) is 3.95. The molecule has 3 nitrogen and oxygen atoms in total. The Labute approximate surface area is 120 Å². The van der Waals surface area contributed by atoms with Gasteiger partial charge in [0.25, 0.3) is 0 Å². The maximum Gasteiger partial charge on any atom is 0.188 e. The van der Waals surface area contributed by atoms with Crippen LogP contribution in [-0.2, 0) is 6.42 Å². The number of aromatic nitrogens is 3. The highest BCUT2D eigenvalue weighted by Crippen LogP contribution is 2.23. The van der Waals surface area contributed by atoms with Crippen molar-refractivity contribution in [3.8, 4) is 10.7 Å². The second-order valence-corrected chi connectivity index (χ2v) is 6.07. The molecule has 0 spiro atoms. The highest BCUT2D eigenvalue weighted by Gasteiger charge is 2.06. The van der Waals surface area contributed by atoms with E-state index >= 15 is 0 Å². The maximum absolute atomic E-state index is 4.17. The predicted octanol–water partition coefficient (Wildman–Crippen LogP) is 3.87. The first-order chi connectivity index (χ1) is 9.42. The summed E-state index contributed by atoms with van der Waals surface area (Å²) >= 11 is 3.38. The van der Waals surface area contributed by atoms with Crippen LogP contribution in [-0.4, -0.2) is 20.9 Å². The summed E-state index contributed by atoms with van der Waals surface area (Å²) in [5, 5.41) is 11.3. The van der Waals surface area contributed by atoms with Gasteiger partial charge in [0.15, 0.2) is 11.0 Å². The summed E-state index contributed by atoms with van der Waals surface area (Å²) < 4.78 is 0. The first kappa shape index (κ1) is 12.4. The highest BCUT2D eigenvalue weighted by atomic mass is 32.2. The second kappa shape index (κ2) is 6.04. The van der Waals surface area contributed by atoms with Crippen molar-refractivity contribution in [2.24, 2.45) is 0 Å². The molecule has 2 heterocycles. The molecule has 0 aliphatic heterocycles. The van der Waals surface area contributed by atoms with Crippen molar-refractivity contribution in [3.05, 3.63) is 53.4 Å². The smallest absolute Gasteiger partial charge is 0.188 e. The molecule has 0 saturated carbocycles. The summed E-state index contributed by atoms with van der Waals surface area (Å²) in [4.78, 5) is 4.38. The molecule has 1 N–H and O–H groups in total. The fourth-order valence-electron chi connectivity index (χ4n) is 1.75. The Bertz CT molecular complexity index is 617. The molecular formula is C14H13N3S2. The van der Waals surface area contributed by atoms with E-state index in [-0.39, 0.29) is 0 Å². The number of hydrogen-bond donors (Lipinski definition) is 1. The van der Waals surface area contributed by atoms with E-state index in [0.29, 0.717) is 0 Å². The molecule has 5 heteroatoms. The minimum Gasteiger partial charge on any atom is -0.315 e. The SMILES string of the molecule is c1ccc(CCSc2nnc(-c3cccs3)[nH]2)cc1. The van der Waals surface area contributed by atoms with Crippen molar-refractivity contribution in [2.45, 2.75) is 11.6 Å². The van der Waals surface area contributed by atoms with Crippen LogP contribution in [0, 0.1) is 0 Å². The van der Waals surface area contributed by atoms with Gasteiger partial charge in [0.2, 0.25) is 0 Å². The minimum absolute atomic E-state index is 0.859. The average molecular weight is 287 g/mol. The van der Waals surface area contributed by atoms with Gasteiger partial charge in [0.1, 0.15) is 0 Å². The lowest BCUT2D eigenvalue weighted by atomic mass is 10.2. The largest absolute Gasteiger partial charge is 0.315 e. The number of nitrogens with zero attached hydrogens (tertiary/aromatic N) is 2. The van der Waals surface area contributed by atoms with Crippen molar-refractivity contribution in [2.75, 3.05) is 5.75 Å². The summed E-state index contributed by atoms with van der Waals surface area (Å²) in [7, 11) is 0. The number of H-pyrrole nitrogens is 1. The molecule has 0 bridgehead atoms. The van der Waals surface area contributed by atoms with Crippen LogP contribution in [0.25, 0.3) is 10.7 Å². The molecule has 0 saturated heterocycles. The quantitative estimate of drug-likeness (QED) is 0.724. The second-order valence-electron chi connectivity index (χ2n) is 4.04. The van der Waals surface area contributed by atoms with Crippen LogP contribution in [0.1, 0.15) is 5.56 Å². The maximum atomic E-state index is 4.17. The number of benzene rings is 1. The fraction of sp³-hybridized carbons (Fsp3) is 0.143. The third-order valence-electron chi connectivity index (χ3n) is 2.69. The summed E-state index contributed by atoms with van der Waals surface area (Å²) in [6.07, 6.45) is 1.04. The number of nitrogens with one attached hydrogen (secondary N) is 1. The van der Waals surface area contributed by atoms with Gasteiger partial charge in [0, 0.05) is 5.75 Å². The fourth-order valence-corrected chi connectivity index (χ4v) is 3.21. The van der Waals surface area contributed by atoms with Crippen LogP contribution >= 0.6 is 23.1 Å². The Balaban J connectivity index is 1.56. The lowest BCUT2D eigenvalue weighted by Crippen LogP contribution is -1.88. The zero-order valence-electron chi connectivity index (χ0n) is 10.2. The monoisotopic (exact) mass is 287 g/mol. The van der Waals surface area contributed by atoms with Gasteiger partial charge in [-0.25, -0.2) is 0 Å². The van der Waals surface area contributed by atoms with E-state index in [1.54, 1.807) is 23.1 Å². The van der Waals surface area contributed by atoms with Crippen LogP contribution in [0.3, 0.4) is 0 Å². The van der Waals surface area contributed by atoms with Gasteiger partial charge in [-0.3, -0.25) is 0 Å². The van der Waals surface area contributed by atoms with Gasteiger partial charge in [0.05, 0.1) is 4.88 Å². The van der Waals surface area contributed by atoms with Gasteiger partial charge in [-0.2, -0.15) is 0 Å². The molecule has 96 valence electrons. The third kappa shape index (κ3) is 3.24. The van der Waals surface area contributed by atoms with Gasteiger partial charge in [-0.05, 0) is 23.4 Å². The molecule has 0 radical (unpaired) electrons. The van der Waals surface area contributed by atoms with Crippen molar-refractivity contribution in [1.82, 2.24) is 15.2 Å². The normalized spacial score (nSPS) is 10.7. The van der Waals surface area contributed by atoms with Gasteiger partial charge >= 0.3 is 0 Å². The van der Waals surface area contributed by atoms with E-state index in [2.05, 4.69) is 39.4 Å². The van der Waals surface area contributed by atoms with Gasteiger partial charge in [-0.15, -0.1) is 21.5 Å². The van der Waals surface area contributed by atoms with E-state index in [4.69, 9.17) is 0 Å². The molecular weight excluding hydrogens is 274 g/mol. The molecule has 0 atom stereocenters. The van der Waals surface area contributed by atoms with E-state index in [9.17, 15) is 0 Å². The molecule has 3 aromatic rings. The Hall–Kier alpha value is -1.59. The molecule has 2 aromatic heterocycles. The van der Waals surface area contributed by atoms with Crippen LogP contribution in [0.5, 0.6) is 0 Å². The highest BCUT2D eigenvalue weighted by molar-refractivity contribution is 7.99. The summed E-state index contributed by atoms with van der Waals surface area (Å²) in [5.74, 6) is 1.86. The first-order valence-corrected chi connectivity index (χ1v) is 7.91. The van der Waals surface area contributed by atoms with Gasteiger partial charge < -0.3 is 4.98 Å². The first-order valence-electron chi connectivity index (χ1n) is 6.05. The lowest BCUT2D eigenvalue weighted by molar-refractivity contribution is 0.971. The molecule has 3 rings (SSSR count).